The number of nitrogens with zero attached hydrogens (tertiary/aromatic N) is 4. The zero-order valence-corrected chi connectivity index (χ0v) is 23.6. The maximum Gasteiger partial charge on any atom is 0.338 e. The van der Waals surface area contributed by atoms with Crippen LogP contribution in [0.1, 0.15) is 47.5 Å². The average molecular weight is 557 g/mol. The third kappa shape index (κ3) is 4.50. The molecule has 0 bridgehead atoms. The van der Waals surface area contributed by atoms with Crippen molar-refractivity contribution >= 4 is 29.1 Å². The number of allylic oxidation sites excluding steroid dienone is 1. The Bertz CT molecular complexity index is 1880. The lowest BCUT2D eigenvalue weighted by Crippen LogP contribution is -2.40. The quantitative estimate of drug-likeness (QED) is 0.198. The van der Waals surface area contributed by atoms with Gasteiger partial charge < -0.3 is 9.30 Å². The fourth-order valence-corrected chi connectivity index (χ4v) is 6.28. The van der Waals surface area contributed by atoms with Crippen molar-refractivity contribution in [3.8, 4) is 5.69 Å². The van der Waals surface area contributed by atoms with Gasteiger partial charge in [0.2, 0.25) is 0 Å². The van der Waals surface area contributed by atoms with E-state index < -0.39 is 16.9 Å². The highest BCUT2D eigenvalue weighted by Crippen LogP contribution is 2.32. The minimum absolute atomic E-state index is 0.0378. The molecule has 0 unspecified atom stereocenters. The Hall–Kier alpha value is -4.57. The second-order valence-corrected chi connectivity index (χ2v) is 10.6. The molecule has 5 rings (SSSR count). The predicted octanol–water partition coefficient (Wildman–Crippen LogP) is 4.42. The summed E-state index contributed by atoms with van der Waals surface area (Å²) in [4.78, 5) is 42.9. The van der Waals surface area contributed by atoms with Crippen molar-refractivity contribution in [1.29, 1.82) is 0 Å². The molecule has 1 aliphatic heterocycles. The number of aryl methyl sites for hydroxylation is 2. The van der Waals surface area contributed by atoms with Gasteiger partial charge in [0.25, 0.3) is 11.2 Å². The van der Waals surface area contributed by atoms with Crippen LogP contribution in [0, 0.1) is 30.9 Å². The minimum atomic E-state index is -0.655. The second kappa shape index (κ2) is 10.5. The van der Waals surface area contributed by atoms with E-state index in [0.717, 1.165) is 33.8 Å². The van der Waals surface area contributed by atoms with E-state index in [1.54, 1.807) is 16.7 Å². The first-order valence-corrected chi connectivity index (χ1v) is 13.6. The summed E-state index contributed by atoms with van der Waals surface area (Å²) in [5, 5.41) is 11.2. The molecule has 2 aromatic heterocycles. The second-order valence-electron chi connectivity index (χ2n) is 9.59. The molecule has 0 aliphatic carbocycles. The maximum absolute atomic E-state index is 13.9. The topological polar surface area (TPSA) is 109 Å². The number of rotatable bonds is 6. The molecule has 1 aliphatic rings. The van der Waals surface area contributed by atoms with Gasteiger partial charge in [-0.25, -0.2) is 9.79 Å². The van der Waals surface area contributed by atoms with E-state index in [-0.39, 0.29) is 11.2 Å². The fourth-order valence-electron chi connectivity index (χ4n) is 5.26. The van der Waals surface area contributed by atoms with Crippen LogP contribution in [0.4, 0.5) is 5.69 Å². The smallest absolute Gasteiger partial charge is 0.338 e. The normalized spacial score (nSPS) is 15.1. The van der Waals surface area contributed by atoms with Crippen LogP contribution < -0.4 is 14.9 Å². The number of methoxy groups -OCH3 is 1. The van der Waals surface area contributed by atoms with E-state index >= 15 is 0 Å². The third-order valence-corrected chi connectivity index (χ3v) is 8.14. The van der Waals surface area contributed by atoms with Gasteiger partial charge in [-0.3, -0.25) is 19.5 Å². The molecule has 0 spiro atoms. The van der Waals surface area contributed by atoms with Crippen molar-refractivity contribution in [3.63, 3.8) is 0 Å². The van der Waals surface area contributed by atoms with Crippen molar-refractivity contribution in [1.82, 2.24) is 9.13 Å². The van der Waals surface area contributed by atoms with E-state index in [4.69, 9.17) is 9.73 Å². The van der Waals surface area contributed by atoms with Crippen LogP contribution in [0.15, 0.2) is 75.7 Å². The molecular weight excluding hydrogens is 528 g/mol. The standard InChI is InChI=1S/C30H28N4O5S/c1-6-23-26(29(36)39-5)27(20-10-8-7-9-11-20)33-28(35)25(40-30(33)31-23)16-21-15-18(3)32(19(21)4)24-13-12-22(34(37)38)14-17(24)2/h7-16,27H,6H2,1-5H3/b25-16-/t27-/m0/s1. The number of hydrogen-bond donors (Lipinski definition) is 0. The van der Waals surface area contributed by atoms with E-state index in [1.165, 1.54) is 24.5 Å². The highest BCUT2D eigenvalue weighted by atomic mass is 32.1. The molecule has 3 heterocycles. The Morgan fingerprint density at radius 2 is 1.88 bits per heavy atom. The van der Waals surface area contributed by atoms with Gasteiger partial charge in [-0.05, 0) is 62.1 Å². The zero-order valence-electron chi connectivity index (χ0n) is 22.8. The third-order valence-electron chi connectivity index (χ3n) is 7.15. The molecule has 40 heavy (non-hydrogen) atoms. The summed E-state index contributed by atoms with van der Waals surface area (Å²) in [7, 11) is 1.33. The highest BCUT2D eigenvalue weighted by Gasteiger charge is 2.33. The van der Waals surface area contributed by atoms with Crippen LogP contribution in [0.2, 0.25) is 0 Å². The molecule has 0 radical (unpaired) electrons. The molecule has 10 heteroatoms. The molecule has 2 aromatic carbocycles. The van der Waals surface area contributed by atoms with Gasteiger partial charge >= 0.3 is 5.97 Å². The van der Waals surface area contributed by atoms with Crippen LogP contribution in [0.3, 0.4) is 0 Å². The lowest BCUT2D eigenvalue weighted by Gasteiger charge is -2.25. The van der Waals surface area contributed by atoms with Crippen molar-refractivity contribution in [2.24, 2.45) is 4.99 Å². The number of thiazole rings is 1. The molecular formula is C30H28N4O5S. The number of esters is 1. The minimum Gasteiger partial charge on any atom is -0.466 e. The zero-order chi connectivity index (χ0) is 28.7. The first-order chi connectivity index (χ1) is 19.2. The number of non-ortho nitro benzene ring substituents is 1. The molecule has 0 fully saturated rings. The molecule has 4 aromatic rings. The Labute approximate surface area is 234 Å². The highest BCUT2D eigenvalue weighted by molar-refractivity contribution is 7.07. The van der Waals surface area contributed by atoms with Crippen molar-refractivity contribution in [3.05, 3.63) is 124 Å². The summed E-state index contributed by atoms with van der Waals surface area (Å²) in [5.74, 6) is -0.509. The van der Waals surface area contributed by atoms with Crippen molar-refractivity contribution in [2.75, 3.05) is 7.11 Å². The molecule has 9 nitrogen and oxygen atoms in total. The van der Waals surface area contributed by atoms with Crippen molar-refractivity contribution < 1.29 is 14.5 Å². The van der Waals surface area contributed by atoms with Gasteiger partial charge in [-0.2, -0.15) is 0 Å². The number of carbonyl (C=O) groups excluding carboxylic acids is 1. The summed E-state index contributed by atoms with van der Waals surface area (Å²) in [6.45, 7) is 7.67. The largest absolute Gasteiger partial charge is 0.466 e. The number of ether oxygens (including phenoxy) is 1. The SMILES string of the molecule is CCC1=C(C(=O)OC)[C@H](c2ccccc2)n2c(s/c(=C\c3cc(C)n(-c4ccc([N+](=O)[O-])cc4C)c3C)c2=O)=N1. The molecule has 0 saturated heterocycles. The number of hydrogen-bond acceptors (Lipinski definition) is 7. The van der Waals surface area contributed by atoms with E-state index in [1.807, 2.05) is 74.7 Å². The van der Waals surface area contributed by atoms with Gasteiger partial charge in [0.15, 0.2) is 4.80 Å². The fraction of sp³-hybridized carbons (Fsp3) is 0.233. The van der Waals surface area contributed by atoms with Crippen molar-refractivity contribution in [2.45, 2.75) is 40.2 Å². The first kappa shape index (κ1) is 27.0. The molecule has 204 valence electrons. The van der Waals surface area contributed by atoms with E-state index in [9.17, 15) is 19.7 Å². The van der Waals surface area contributed by atoms with Gasteiger partial charge in [0, 0.05) is 29.2 Å². The van der Waals surface area contributed by atoms with Gasteiger partial charge in [-0.15, -0.1) is 0 Å². The lowest BCUT2D eigenvalue weighted by atomic mass is 9.95. The van der Waals surface area contributed by atoms with Crippen LogP contribution >= 0.6 is 11.3 Å². The Kier molecular flexibility index (Phi) is 7.12. The number of aromatic nitrogens is 2. The first-order valence-electron chi connectivity index (χ1n) is 12.8. The predicted molar refractivity (Wildman–Crippen MR) is 153 cm³/mol. The number of nitro groups is 1. The Morgan fingerprint density at radius 1 is 1.15 bits per heavy atom. The summed E-state index contributed by atoms with van der Waals surface area (Å²) >= 11 is 1.28. The van der Waals surface area contributed by atoms with Crippen LogP contribution in [0.25, 0.3) is 11.8 Å². The van der Waals surface area contributed by atoms with Crippen LogP contribution in [-0.4, -0.2) is 27.1 Å². The van der Waals surface area contributed by atoms with Crippen LogP contribution in [0.5, 0.6) is 0 Å². The number of carbonyl (C=O) groups is 1. The van der Waals surface area contributed by atoms with Gasteiger partial charge in [0.1, 0.15) is 0 Å². The van der Waals surface area contributed by atoms with Gasteiger partial charge in [-0.1, -0.05) is 48.6 Å². The van der Waals surface area contributed by atoms with Gasteiger partial charge in [0.05, 0.1) is 33.9 Å². The van der Waals surface area contributed by atoms with Crippen LogP contribution in [-0.2, 0) is 9.53 Å². The molecule has 1 atom stereocenters. The molecule has 0 N–H and O–H groups in total. The summed E-state index contributed by atoms with van der Waals surface area (Å²) in [6.07, 6.45) is 2.35. The summed E-state index contributed by atoms with van der Waals surface area (Å²) in [6, 6.07) is 15.5. The number of benzene rings is 2. The molecule has 0 amide bonds. The van der Waals surface area contributed by atoms with E-state index in [2.05, 4.69) is 0 Å². The maximum atomic E-state index is 13.9. The monoisotopic (exact) mass is 556 g/mol. The Morgan fingerprint density at radius 3 is 2.50 bits per heavy atom. The number of fused-ring (bicyclic) bond motifs is 1. The number of nitro benzene ring substituents is 1. The summed E-state index contributed by atoms with van der Waals surface area (Å²) < 4.78 is 9.21. The average Bonchev–Trinajstić information content (AvgIpc) is 3.41. The van der Waals surface area contributed by atoms with E-state index in [0.29, 0.717) is 27.0 Å². The molecule has 0 saturated carbocycles. The Balaban J connectivity index is 1.69. The summed E-state index contributed by atoms with van der Waals surface area (Å²) in [5.41, 5.74) is 5.82. The lowest BCUT2D eigenvalue weighted by molar-refractivity contribution is -0.384.